The minimum absolute atomic E-state index is 0.102. The molecule has 2 heterocycles. The summed E-state index contributed by atoms with van der Waals surface area (Å²) >= 11 is 0. The van der Waals surface area contributed by atoms with Crippen LogP contribution in [0.5, 0.6) is 0 Å². The third-order valence-corrected chi connectivity index (χ3v) is 8.09. The number of nitrogens with one attached hydrogen (secondary N) is 1. The maximum Gasteiger partial charge on any atom is 0.317 e. The molecule has 0 unspecified atom stereocenters. The Bertz CT molecular complexity index is 954. The van der Waals surface area contributed by atoms with Crippen molar-refractivity contribution in [2.75, 3.05) is 26.2 Å². The fourth-order valence-corrected chi connectivity index (χ4v) is 6.24. The van der Waals surface area contributed by atoms with E-state index in [-0.39, 0.29) is 30.6 Å². The molecule has 33 heavy (non-hydrogen) atoms. The highest BCUT2D eigenvalue weighted by Crippen LogP contribution is 2.42. The Morgan fingerprint density at radius 3 is 2.45 bits per heavy atom. The van der Waals surface area contributed by atoms with Crippen molar-refractivity contribution in [1.29, 1.82) is 0 Å². The molecule has 3 fully saturated rings. The first kappa shape index (κ1) is 22.4. The van der Waals surface area contributed by atoms with Crippen LogP contribution in [0.4, 0.5) is 4.79 Å². The summed E-state index contributed by atoms with van der Waals surface area (Å²) in [5, 5.41) is 13.5. The van der Waals surface area contributed by atoms with Crippen LogP contribution in [0, 0.1) is 6.92 Å². The van der Waals surface area contributed by atoms with E-state index in [1.165, 1.54) is 35.1 Å². The van der Waals surface area contributed by atoms with Gasteiger partial charge in [0.05, 0.1) is 6.61 Å². The van der Waals surface area contributed by atoms with Gasteiger partial charge in [-0.1, -0.05) is 61.4 Å². The van der Waals surface area contributed by atoms with Crippen LogP contribution in [0.2, 0.25) is 0 Å². The molecule has 2 aliphatic heterocycles. The second-order valence-electron chi connectivity index (χ2n) is 10.1. The molecule has 5 nitrogen and oxygen atoms in total. The molecule has 0 bridgehead atoms. The summed E-state index contributed by atoms with van der Waals surface area (Å²) in [6.45, 7) is 4.88. The number of fused-ring (bicyclic) bond motifs is 1. The van der Waals surface area contributed by atoms with Gasteiger partial charge in [0.1, 0.15) is 0 Å². The maximum absolute atomic E-state index is 13.1. The van der Waals surface area contributed by atoms with Crippen molar-refractivity contribution in [3.63, 3.8) is 0 Å². The number of aliphatic hydroxyl groups excluding tert-OH is 1. The molecule has 0 radical (unpaired) electrons. The topological polar surface area (TPSA) is 55.8 Å². The second kappa shape index (κ2) is 9.86. The molecule has 2 aromatic carbocycles. The lowest BCUT2D eigenvalue weighted by atomic mass is 9.74. The van der Waals surface area contributed by atoms with Crippen molar-refractivity contribution < 1.29 is 9.90 Å². The molecular formula is C28H37N3O2. The smallest absolute Gasteiger partial charge is 0.317 e. The first-order valence-corrected chi connectivity index (χ1v) is 12.7. The molecule has 5 rings (SSSR count). The van der Waals surface area contributed by atoms with Gasteiger partial charge in [0, 0.05) is 37.1 Å². The Labute approximate surface area is 197 Å². The average molecular weight is 448 g/mol. The number of hydrogen-bond donors (Lipinski definition) is 2. The summed E-state index contributed by atoms with van der Waals surface area (Å²) in [7, 11) is 0. The van der Waals surface area contributed by atoms with E-state index in [0.717, 1.165) is 45.3 Å². The lowest BCUT2D eigenvalue weighted by Crippen LogP contribution is -2.68. The van der Waals surface area contributed by atoms with Crippen LogP contribution in [0.15, 0.2) is 48.5 Å². The quantitative estimate of drug-likeness (QED) is 0.724. The highest BCUT2D eigenvalue weighted by atomic mass is 16.3. The monoisotopic (exact) mass is 447 g/mol. The number of amides is 2. The van der Waals surface area contributed by atoms with E-state index in [2.05, 4.69) is 65.7 Å². The van der Waals surface area contributed by atoms with Gasteiger partial charge in [0.15, 0.2) is 0 Å². The second-order valence-corrected chi connectivity index (χ2v) is 10.1. The molecule has 176 valence electrons. The number of rotatable bonds is 4. The van der Waals surface area contributed by atoms with E-state index in [1.54, 1.807) is 0 Å². The van der Waals surface area contributed by atoms with Gasteiger partial charge in [0.25, 0.3) is 0 Å². The predicted molar refractivity (Wildman–Crippen MR) is 132 cm³/mol. The molecule has 3 atom stereocenters. The molecule has 3 aliphatic rings. The molecule has 1 saturated carbocycles. The SMILES string of the molecule is Cc1ccccc1-c1ccc([C@@H]2[C@H](CO)N3CCCCN(C(=O)NC4CCCC4)C[C@@H]23)cc1. The van der Waals surface area contributed by atoms with Gasteiger partial charge in [-0.3, -0.25) is 4.90 Å². The first-order chi connectivity index (χ1) is 16.2. The zero-order valence-corrected chi connectivity index (χ0v) is 19.7. The summed E-state index contributed by atoms with van der Waals surface area (Å²) < 4.78 is 0. The summed E-state index contributed by atoms with van der Waals surface area (Å²) in [4.78, 5) is 17.5. The summed E-state index contributed by atoms with van der Waals surface area (Å²) in [5.41, 5.74) is 5.03. The fraction of sp³-hybridized carbons (Fsp3) is 0.536. The minimum Gasteiger partial charge on any atom is -0.395 e. The van der Waals surface area contributed by atoms with E-state index in [9.17, 15) is 9.90 Å². The number of hydrogen-bond acceptors (Lipinski definition) is 3. The number of urea groups is 1. The van der Waals surface area contributed by atoms with E-state index in [0.29, 0.717) is 6.04 Å². The molecule has 0 spiro atoms. The van der Waals surface area contributed by atoms with Crippen LogP contribution in [0.1, 0.15) is 55.6 Å². The Morgan fingerprint density at radius 2 is 1.73 bits per heavy atom. The van der Waals surface area contributed by atoms with E-state index >= 15 is 0 Å². The largest absolute Gasteiger partial charge is 0.395 e. The van der Waals surface area contributed by atoms with Gasteiger partial charge < -0.3 is 15.3 Å². The third-order valence-electron chi connectivity index (χ3n) is 8.09. The van der Waals surface area contributed by atoms with Crippen molar-refractivity contribution in [3.05, 3.63) is 59.7 Å². The molecule has 1 aliphatic carbocycles. The van der Waals surface area contributed by atoms with Crippen LogP contribution in [0.25, 0.3) is 11.1 Å². The van der Waals surface area contributed by atoms with Gasteiger partial charge in [-0.25, -0.2) is 4.79 Å². The standard InChI is InChI=1S/C28H37N3O2/c1-20-8-2-5-11-24(20)21-12-14-22(15-13-21)27-25-18-30(28(33)29-23-9-3-4-10-23)16-6-7-17-31(25)26(27)19-32/h2,5,8,11-15,23,25-27,32H,3-4,6-7,9-10,16-19H2,1H3,(H,29,33)/t25-,26-,27-/m0/s1. The van der Waals surface area contributed by atoms with Gasteiger partial charge in [-0.15, -0.1) is 0 Å². The van der Waals surface area contributed by atoms with Gasteiger partial charge in [0.2, 0.25) is 0 Å². The van der Waals surface area contributed by atoms with Crippen LogP contribution >= 0.6 is 0 Å². The van der Waals surface area contributed by atoms with Gasteiger partial charge in [-0.05, 0) is 61.4 Å². The zero-order chi connectivity index (χ0) is 22.8. The number of aryl methyl sites for hydroxylation is 1. The van der Waals surface area contributed by atoms with Crippen molar-refractivity contribution in [2.45, 2.75) is 69.5 Å². The summed E-state index contributed by atoms with van der Waals surface area (Å²) in [6, 6.07) is 18.2. The Morgan fingerprint density at radius 1 is 1.00 bits per heavy atom. The maximum atomic E-state index is 13.1. The van der Waals surface area contributed by atoms with Crippen LogP contribution < -0.4 is 5.32 Å². The van der Waals surface area contributed by atoms with Crippen LogP contribution in [-0.4, -0.2) is 65.3 Å². The van der Waals surface area contributed by atoms with Crippen molar-refractivity contribution >= 4 is 6.03 Å². The van der Waals surface area contributed by atoms with Gasteiger partial charge in [-0.2, -0.15) is 0 Å². The number of nitrogens with zero attached hydrogens (tertiary/aromatic N) is 2. The normalized spacial score (nSPS) is 26.2. The Kier molecular flexibility index (Phi) is 6.70. The number of benzene rings is 2. The minimum atomic E-state index is 0.102. The van der Waals surface area contributed by atoms with E-state index in [1.807, 2.05) is 4.90 Å². The average Bonchev–Trinajstić information content (AvgIpc) is 3.32. The lowest BCUT2D eigenvalue weighted by Gasteiger charge is -2.57. The van der Waals surface area contributed by atoms with Gasteiger partial charge >= 0.3 is 6.03 Å². The first-order valence-electron chi connectivity index (χ1n) is 12.7. The van der Waals surface area contributed by atoms with Crippen LogP contribution in [-0.2, 0) is 0 Å². The fourth-order valence-electron chi connectivity index (χ4n) is 6.24. The molecule has 2 N–H and O–H groups in total. The van der Waals surface area contributed by atoms with Crippen molar-refractivity contribution in [3.8, 4) is 11.1 Å². The molecule has 2 aromatic rings. The molecule has 5 heteroatoms. The number of carbonyl (C=O) groups is 1. The van der Waals surface area contributed by atoms with Crippen molar-refractivity contribution in [2.24, 2.45) is 0 Å². The number of aliphatic hydroxyl groups is 1. The van der Waals surface area contributed by atoms with E-state index < -0.39 is 0 Å². The Balaban J connectivity index is 1.34. The number of carbonyl (C=O) groups excluding carboxylic acids is 1. The predicted octanol–water partition coefficient (Wildman–Crippen LogP) is 4.54. The van der Waals surface area contributed by atoms with E-state index in [4.69, 9.17) is 0 Å². The molecular weight excluding hydrogens is 410 g/mol. The highest BCUT2D eigenvalue weighted by molar-refractivity contribution is 5.74. The van der Waals surface area contributed by atoms with Crippen LogP contribution in [0.3, 0.4) is 0 Å². The van der Waals surface area contributed by atoms with Crippen molar-refractivity contribution in [1.82, 2.24) is 15.1 Å². The highest BCUT2D eigenvalue weighted by Gasteiger charge is 2.49. The Hall–Kier alpha value is -2.37. The molecule has 0 aromatic heterocycles. The molecule has 2 saturated heterocycles. The molecule has 2 amide bonds. The lowest BCUT2D eigenvalue weighted by molar-refractivity contribution is -0.0591. The summed E-state index contributed by atoms with van der Waals surface area (Å²) in [5.74, 6) is 0.251. The zero-order valence-electron chi connectivity index (χ0n) is 19.7. The summed E-state index contributed by atoms with van der Waals surface area (Å²) in [6.07, 6.45) is 6.75. The third kappa shape index (κ3) is 4.53.